The van der Waals surface area contributed by atoms with Gasteiger partial charge in [-0.05, 0) is 37.5 Å². The highest BCUT2D eigenvalue weighted by atomic mass is 32.2. The molecule has 1 aromatic carbocycles. The summed E-state index contributed by atoms with van der Waals surface area (Å²) in [6, 6.07) is 6.87. The van der Waals surface area contributed by atoms with Crippen molar-refractivity contribution >= 4 is 16.0 Å². The van der Waals surface area contributed by atoms with Crippen molar-refractivity contribution in [2.75, 3.05) is 18.9 Å². The molecule has 1 aromatic rings. The maximum atomic E-state index is 12.5. The van der Waals surface area contributed by atoms with Gasteiger partial charge in [0, 0.05) is 25.6 Å². The molecule has 25 heavy (non-hydrogen) atoms. The zero-order valence-electron chi connectivity index (χ0n) is 15.1. The first kappa shape index (κ1) is 19.7. The number of carbonyl (C=O) groups is 1. The molecule has 2 rings (SSSR count). The minimum atomic E-state index is -3.57. The summed E-state index contributed by atoms with van der Waals surface area (Å²) >= 11 is 0. The number of rotatable bonds is 8. The third kappa shape index (κ3) is 6.01. The van der Waals surface area contributed by atoms with E-state index in [4.69, 9.17) is 8.92 Å². The number of amides is 1. The van der Waals surface area contributed by atoms with Crippen molar-refractivity contribution in [1.82, 2.24) is 4.90 Å². The van der Waals surface area contributed by atoms with Crippen LogP contribution in [0.5, 0.6) is 5.75 Å². The third-order valence-electron chi connectivity index (χ3n) is 4.10. The van der Waals surface area contributed by atoms with Crippen LogP contribution >= 0.6 is 0 Å². The van der Waals surface area contributed by atoms with E-state index in [0.717, 1.165) is 25.0 Å². The Bertz CT molecular complexity index is 680. The molecule has 140 valence electrons. The smallest absolute Gasteiger partial charge is 0.308 e. The van der Waals surface area contributed by atoms with Gasteiger partial charge in [0.25, 0.3) is 0 Å². The van der Waals surface area contributed by atoms with E-state index in [1.807, 2.05) is 19.9 Å². The summed E-state index contributed by atoms with van der Waals surface area (Å²) < 4.78 is 34.0. The lowest BCUT2D eigenvalue weighted by Gasteiger charge is -2.27. The van der Waals surface area contributed by atoms with Gasteiger partial charge < -0.3 is 13.8 Å². The SMILES string of the molecule is CCS(=O)(=O)Oc1cccc(CN(CC2CCCO2)C(=O)C(C)C)c1. The predicted molar refractivity (Wildman–Crippen MR) is 95.8 cm³/mol. The van der Waals surface area contributed by atoms with Crippen LogP contribution in [0.25, 0.3) is 0 Å². The molecule has 1 atom stereocenters. The lowest BCUT2D eigenvalue weighted by atomic mass is 10.1. The van der Waals surface area contributed by atoms with Gasteiger partial charge in [-0.3, -0.25) is 4.79 Å². The molecule has 1 fully saturated rings. The van der Waals surface area contributed by atoms with Gasteiger partial charge in [-0.15, -0.1) is 0 Å². The second-order valence-electron chi connectivity index (χ2n) is 6.59. The van der Waals surface area contributed by atoms with E-state index in [-0.39, 0.29) is 29.4 Å². The summed E-state index contributed by atoms with van der Waals surface area (Å²) in [5, 5.41) is 0. The van der Waals surface area contributed by atoms with Crippen LogP contribution < -0.4 is 4.18 Å². The molecule has 1 amide bonds. The van der Waals surface area contributed by atoms with Crippen molar-refractivity contribution in [2.45, 2.75) is 46.3 Å². The topological polar surface area (TPSA) is 72.9 Å². The molecule has 0 radical (unpaired) electrons. The van der Waals surface area contributed by atoms with Crippen LogP contribution in [0.15, 0.2) is 24.3 Å². The molecule has 6 nitrogen and oxygen atoms in total. The Hall–Kier alpha value is -1.60. The van der Waals surface area contributed by atoms with Crippen molar-refractivity contribution in [1.29, 1.82) is 0 Å². The van der Waals surface area contributed by atoms with Gasteiger partial charge in [-0.2, -0.15) is 8.42 Å². The van der Waals surface area contributed by atoms with Gasteiger partial charge in [0.15, 0.2) is 0 Å². The third-order valence-corrected chi connectivity index (χ3v) is 5.26. The van der Waals surface area contributed by atoms with Gasteiger partial charge in [0.1, 0.15) is 5.75 Å². The first-order valence-electron chi connectivity index (χ1n) is 8.72. The minimum absolute atomic E-state index is 0.0583. The lowest BCUT2D eigenvalue weighted by Crippen LogP contribution is -2.39. The van der Waals surface area contributed by atoms with E-state index < -0.39 is 10.1 Å². The standard InChI is InChI=1S/C18H27NO5S/c1-4-25(21,22)24-16-8-5-7-15(11-16)12-19(18(20)14(2)3)13-17-9-6-10-23-17/h5,7-8,11,14,17H,4,6,9-10,12-13H2,1-3H3. The molecule has 0 bridgehead atoms. The zero-order chi connectivity index (χ0) is 18.4. The van der Waals surface area contributed by atoms with Gasteiger partial charge in [0.2, 0.25) is 5.91 Å². The molecule has 1 unspecified atom stereocenters. The number of carbonyl (C=O) groups excluding carboxylic acids is 1. The van der Waals surface area contributed by atoms with E-state index in [0.29, 0.717) is 13.1 Å². The minimum Gasteiger partial charge on any atom is -0.382 e. The van der Waals surface area contributed by atoms with Gasteiger partial charge >= 0.3 is 10.1 Å². The molecule has 1 aliphatic heterocycles. The van der Waals surface area contributed by atoms with Crippen molar-refractivity contribution < 1.29 is 22.1 Å². The van der Waals surface area contributed by atoms with Crippen molar-refractivity contribution in [3.05, 3.63) is 29.8 Å². The van der Waals surface area contributed by atoms with E-state index in [9.17, 15) is 13.2 Å². The Morgan fingerprint density at radius 3 is 2.76 bits per heavy atom. The summed E-state index contributed by atoms with van der Waals surface area (Å²) in [6.07, 6.45) is 2.05. The Kier molecular flexibility index (Phi) is 6.84. The monoisotopic (exact) mass is 369 g/mol. The fourth-order valence-electron chi connectivity index (χ4n) is 2.75. The van der Waals surface area contributed by atoms with E-state index in [1.165, 1.54) is 6.92 Å². The molecule has 0 aromatic heterocycles. The van der Waals surface area contributed by atoms with Gasteiger partial charge in [-0.1, -0.05) is 26.0 Å². The molecular weight excluding hydrogens is 342 g/mol. The van der Waals surface area contributed by atoms with Crippen LogP contribution in [0.4, 0.5) is 0 Å². The second kappa shape index (κ2) is 8.67. The normalized spacial score (nSPS) is 17.7. The summed E-state index contributed by atoms with van der Waals surface area (Å²) in [5.41, 5.74) is 0.829. The van der Waals surface area contributed by atoms with Crippen molar-refractivity contribution in [2.24, 2.45) is 5.92 Å². The lowest BCUT2D eigenvalue weighted by molar-refractivity contribution is -0.136. The van der Waals surface area contributed by atoms with Crippen LogP contribution in [0.2, 0.25) is 0 Å². The molecule has 0 N–H and O–H groups in total. The summed E-state index contributed by atoms with van der Waals surface area (Å²) in [5.74, 6) is 0.131. The first-order valence-corrected chi connectivity index (χ1v) is 10.3. The van der Waals surface area contributed by atoms with Gasteiger partial charge in [0.05, 0.1) is 11.9 Å². The number of hydrogen-bond donors (Lipinski definition) is 0. The highest BCUT2D eigenvalue weighted by Crippen LogP contribution is 2.20. The van der Waals surface area contributed by atoms with Crippen LogP contribution in [-0.2, 0) is 26.2 Å². The fraction of sp³-hybridized carbons (Fsp3) is 0.611. The average Bonchev–Trinajstić information content (AvgIpc) is 3.06. The largest absolute Gasteiger partial charge is 0.382 e. The Balaban J connectivity index is 2.12. The molecule has 1 heterocycles. The van der Waals surface area contributed by atoms with Crippen molar-refractivity contribution in [3.63, 3.8) is 0 Å². The summed E-state index contributed by atoms with van der Waals surface area (Å²) in [7, 11) is -3.57. The number of hydrogen-bond acceptors (Lipinski definition) is 5. The molecule has 1 aliphatic rings. The fourth-order valence-corrected chi connectivity index (χ4v) is 3.27. The Morgan fingerprint density at radius 1 is 1.40 bits per heavy atom. The van der Waals surface area contributed by atoms with Crippen LogP contribution in [0, 0.1) is 5.92 Å². The maximum Gasteiger partial charge on any atom is 0.308 e. The highest BCUT2D eigenvalue weighted by molar-refractivity contribution is 7.87. The maximum absolute atomic E-state index is 12.5. The van der Waals surface area contributed by atoms with Crippen LogP contribution in [-0.4, -0.2) is 44.2 Å². The van der Waals surface area contributed by atoms with Crippen LogP contribution in [0.1, 0.15) is 39.2 Å². The van der Waals surface area contributed by atoms with E-state index in [1.54, 1.807) is 23.1 Å². The van der Waals surface area contributed by atoms with Crippen LogP contribution in [0.3, 0.4) is 0 Å². The molecule has 7 heteroatoms. The Morgan fingerprint density at radius 2 is 2.16 bits per heavy atom. The van der Waals surface area contributed by atoms with E-state index >= 15 is 0 Å². The summed E-state index contributed by atoms with van der Waals surface area (Å²) in [4.78, 5) is 14.3. The molecule has 0 spiro atoms. The van der Waals surface area contributed by atoms with Crippen molar-refractivity contribution in [3.8, 4) is 5.75 Å². The predicted octanol–water partition coefficient (Wildman–Crippen LogP) is 2.58. The quantitative estimate of drug-likeness (QED) is 0.659. The first-order chi connectivity index (χ1) is 11.8. The average molecular weight is 369 g/mol. The van der Waals surface area contributed by atoms with Gasteiger partial charge in [-0.25, -0.2) is 0 Å². The van der Waals surface area contributed by atoms with E-state index in [2.05, 4.69) is 0 Å². The molecule has 0 saturated carbocycles. The zero-order valence-corrected chi connectivity index (χ0v) is 15.9. The molecular formula is C18H27NO5S. The number of ether oxygens (including phenoxy) is 1. The molecule has 0 aliphatic carbocycles. The Labute approximate surface area is 150 Å². The number of nitrogens with zero attached hydrogens (tertiary/aromatic N) is 1. The summed E-state index contributed by atoms with van der Waals surface area (Å²) in [6.45, 7) is 6.97. The highest BCUT2D eigenvalue weighted by Gasteiger charge is 2.24. The molecule has 1 saturated heterocycles. The second-order valence-corrected chi connectivity index (χ2v) is 8.44. The number of benzene rings is 1.